The molecular formula is C22H20O3. The second kappa shape index (κ2) is 6.32. The minimum atomic E-state index is -0.370. The number of hydrogen-bond donors (Lipinski definition) is 0. The van der Waals surface area contributed by atoms with Gasteiger partial charge in [0.05, 0.1) is 0 Å². The molecule has 2 aliphatic carbocycles. The summed E-state index contributed by atoms with van der Waals surface area (Å²) in [6, 6.07) is 14.7. The average Bonchev–Trinajstić information content (AvgIpc) is 3.25. The van der Waals surface area contributed by atoms with Gasteiger partial charge < -0.3 is 4.74 Å². The lowest BCUT2D eigenvalue weighted by molar-refractivity contribution is -0.131. The molecule has 0 saturated heterocycles. The van der Waals surface area contributed by atoms with Crippen LogP contribution in [0.25, 0.3) is 0 Å². The summed E-state index contributed by atoms with van der Waals surface area (Å²) < 4.78 is 5.00. The summed E-state index contributed by atoms with van der Waals surface area (Å²) in [4.78, 5) is 23.6. The van der Waals surface area contributed by atoms with E-state index in [1.54, 1.807) is 24.3 Å². The first-order valence-corrected chi connectivity index (χ1v) is 8.71. The Bertz CT molecular complexity index is 831. The second-order valence-electron chi connectivity index (χ2n) is 6.96. The van der Waals surface area contributed by atoms with Crippen molar-refractivity contribution in [2.24, 2.45) is 11.8 Å². The van der Waals surface area contributed by atoms with Crippen LogP contribution in [0.3, 0.4) is 0 Å². The monoisotopic (exact) mass is 332 g/mol. The van der Waals surface area contributed by atoms with Crippen molar-refractivity contribution in [2.45, 2.75) is 25.7 Å². The number of esters is 1. The summed E-state index contributed by atoms with van der Waals surface area (Å²) in [6.07, 6.45) is 7.20. The van der Waals surface area contributed by atoms with Crippen LogP contribution in [0.5, 0.6) is 5.75 Å². The molecule has 0 radical (unpaired) electrons. The van der Waals surface area contributed by atoms with Gasteiger partial charge in [-0.15, -0.1) is 0 Å². The molecule has 2 aliphatic rings. The number of hydrogen-bond acceptors (Lipinski definition) is 3. The lowest BCUT2D eigenvalue weighted by Crippen LogP contribution is -2.06. The van der Waals surface area contributed by atoms with Gasteiger partial charge in [0.1, 0.15) is 5.75 Å². The van der Waals surface area contributed by atoms with E-state index < -0.39 is 0 Å². The molecule has 2 aromatic carbocycles. The Hall–Kier alpha value is -2.68. The Kier molecular flexibility index (Phi) is 4.00. The van der Waals surface area contributed by atoms with Gasteiger partial charge in [-0.3, -0.25) is 9.59 Å². The molecule has 3 unspecified atom stereocenters. The molecule has 2 aromatic rings. The predicted octanol–water partition coefficient (Wildman–Crippen LogP) is 4.52. The first kappa shape index (κ1) is 15.8. The third-order valence-corrected chi connectivity index (χ3v) is 5.26. The van der Waals surface area contributed by atoms with Crippen molar-refractivity contribution in [1.29, 1.82) is 0 Å². The molecule has 3 nitrogen and oxygen atoms in total. The average molecular weight is 332 g/mol. The van der Waals surface area contributed by atoms with Gasteiger partial charge in [-0.2, -0.15) is 0 Å². The highest BCUT2D eigenvalue weighted by Crippen LogP contribution is 2.48. The van der Waals surface area contributed by atoms with Crippen LogP contribution < -0.4 is 4.74 Å². The van der Waals surface area contributed by atoms with Crippen molar-refractivity contribution in [2.75, 3.05) is 0 Å². The third kappa shape index (κ3) is 3.14. The topological polar surface area (TPSA) is 43.4 Å². The number of rotatable bonds is 4. The zero-order chi connectivity index (χ0) is 17.4. The van der Waals surface area contributed by atoms with E-state index in [-0.39, 0.29) is 11.8 Å². The van der Waals surface area contributed by atoms with E-state index >= 15 is 0 Å². The third-order valence-electron chi connectivity index (χ3n) is 5.26. The van der Waals surface area contributed by atoms with Crippen LogP contribution in [0.2, 0.25) is 0 Å². The number of carbonyl (C=O) groups excluding carboxylic acids is 2. The fourth-order valence-electron chi connectivity index (χ4n) is 4.05. The molecule has 3 atom stereocenters. The summed E-state index contributed by atoms with van der Waals surface area (Å²) >= 11 is 0. The van der Waals surface area contributed by atoms with E-state index in [1.165, 1.54) is 25.3 Å². The van der Waals surface area contributed by atoms with E-state index in [0.29, 0.717) is 28.7 Å². The number of fused-ring (bicyclic) bond motifs is 2. The quantitative estimate of drug-likeness (QED) is 0.358. The molecule has 4 rings (SSSR count). The maximum atomic E-state index is 12.6. The van der Waals surface area contributed by atoms with Gasteiger partial charge in [-0.25, -0.2) is 0 Å². The molecule has 2 bridgehead atoms. The van der Waals surface area contributed by atoms with Gasteiger partial charge in [0.15, 0.2) is 5.78 Å². The maximum absolute atomic E-state index is 12.6. The summed E-state index contributed by atoms with van der Waals surface area (Å²) in [7, 11) is 0. The van der Waals surface area contributed by atoms with E-state index in [1.807, 2.05) is 12.1 Å². The molecule has 1 fully saturated rings. The van der Waals surface area contributed by atoms with Gasteiger partial charge in [0, 0.05) is 18.1 Å². The standard InChI is InChI=1S/C22H20O3/c1-14(23)25-20-10-8-18(9-11-20)22(24)17-6-4-16(5-7-17)21-13-15-2-3-19(21)12-15/h2-11,15,19,21H,12-13H2,1H3. The SMILES string of the molecule is CC(=O)Oc1ccc(C(=O)c2ccc(C3CC4C=CC3C4)cc2)cc1. The van der Waals surface area contributed by atoms with Crippen LogP contribution in [0.1, 0.15) is 47.2 Å². The second-order valence-corrected chi connectivity index (χ2v) is 6.96. The highest BCUT2D eigenvalue weighted by atomic mass is 16.5. The number of carbonyl (C=O) groups is 2. The molecule has 0 heterocycles. The molecular weight excluding hydrogens is 312 g/mol. The summed E-state index contributed by atoms with van der Waals surface area (Å²) in [6.45, 7) is 1.35. The highest BCUT2D eigenvalue weighted by Gasteiger charge is 2.36. The first-order valence-electron chi connectivity index (χ1n) is 8.71. The Balaban J connectivity index is 1.49. The van der Waals surface area contributed by atoms with E-state index in [2.05, 4.69) is 24.3 Å². The largest absolute Gasteiger partial charge is 0.427 e. The molecule has 3 heteroatoms. The summed E-state index contributed by atoms with van der Waals surface area (Å²) in [5.74, 6) is 2.07. The van der Waals surface area contributed by atoms with Crippen LogP contribution >= 0.6 is 0 Å². The first-order chi connectivity index (χ1) is 12.1. The van der Waals surface area contributed by atoms with Crippen LogP contribution in [-0.2, 0) is 4.79 Å². The Morgan fingerprint density at radius 3 is 2.04 bits per heavy atom. The molecule has 0 amide bonds. The van der Waals surface area contributed by atoms with E-state index in [0.717, 1.165) is 5.92 Å². The highest BCUT2D eigenvalue weighted by molar-refractivity contribution is 6.09. The van der Waals surface area contributed by atoms with Crippen molar-refractivity contribution < 1.29 is 14.3 Å². The summed E-state index contributed by atoms with van der Waals surface area (Å²) in [5, 5.41) is 0. The van der Waals surface area contributed by atoms with E-state index in [9.17, 15) is 9.59 Å². The maximum Gasteiger partial charge on any atom is 0.308 e. The molecule has 0 N–H and O–H groups in total. The zero-order valence-corrected chi connectivity index (χ0v) is 14.1. The van der Waals surface area contributed by atoms with Crippen molar-refractivity contribution in [1.82, 2.24) is 0 Å². The Morgan fingerprint density at radius 2 is 1.52 bits per heavy atom. The number of benzene rings is 2. The molecule has 1 saturated carbocycles. The molecule has 0 aliphatic heterocycles. The van der Waals surface area contributed by atoms with Crippen LogP contribution in [0, 0.1) is 11.8 Å². The lowest BCUT2D eigenvalue weighted by atomic mass is 9.86. The van der Waals surface area contributed by atoms with Crippen LogP contribution in [0.15, 0.2) is 60.7 Å². The zero-order valence-electron chi connectivity index (χ0n) is 14.1. The van der Waals surface area contributed by atoms with Gasteiger partial charge in [-0.1, -0.05) is 36.4 Å². The molecule has 0 aromatic heterocycles. The van der Waals surface area contributed by atoms with Crippen molar-refractivity contribution in [3.05, 3.63) is 77.4 Å². The Morgan fingerprint density at radius 1 is 0.880 bits per heavy atom. The van der Waals surface area contributed by atoms with Gasteiger partial charge in [0.2, 0.25) is 0 Å². The Labute approximate surface area is 147 Å². The number of ether oxygens (including phenoxy) is 1. The number of allylic oxidation sites excluding steroid dienone is 2. The fraction of sp³-hybridized carbons (Fsp3) is 0.273. The fourth-order valence-corrected chi connectivity index (χ4v) is 4.05. The predicted molar refractivity (Wildman–Crippen MR) is 95.7 cm³/mol. The number of ketones is 1. The van der Waals surface area contributed by atoms with Gasteiger partial charge in [-0.05, 0) is 60.4 Å². The molecule has 126 valence electrons. The van der Waals surface area contributed by atoms with Crippen molar-refractivity contribution in [3.63, 3.8) is 0 Å². The van der Waals surface area contributed by atoms with E-state index in [4.69, 9.17) is 4.74 Å². The van der Waals surface area contributed by atoms with Crippen LogP contribution in [0.4, 0.5) is 0 Å². The minimum Gasteiger partial charge on any atom is -0.427 e. The smallest absolute Gasteiger partial charge is 0.308 e. The normalized spacial score (nSPS) is 23.6. The van der Waals surface area contributed by atoms with Crippen molar-refractivity contribution >= 4 is 11.8 Å². The van der Waals surface area contributed by atoms with Gasteiger partial charge >= 0.3 is 5.97 Å². The summed E-state index contributed by atoms with van der Waals surface area (Å²) in [5.41, 5.74) is 2.60. The van der Waals surface area contributed by atoms with Gasteiger partial charge in [0.25, 0.3) is 0 Å². The minimum absolute atomic E-state index is 0.0197. The molecule has 25 heavy (non-hydrogen) atoms. The lowest BCUT2D eigenvalue weighted by Gasteiger charge is -2.18. The molecule has 0 spiro atoms. The van der Waals surface area contributed by atoms with Crippen molar-refractivity contribution in [3.8, 4) is 5.75 Å². The van der Waals surface area contributed by atoms with Crippen LogP contribution in [-0.4, -0.2) is 11.8 Å².